The Morgan fingerprint density at radius 2 is 0.487 bits per heavy atom. The first kappa shape index (κ1) is 46.0. The molecule has 39 heavy (non-hydrogen) atoms. The maximum atomic E-state index is 5.67. The van der Waals surface area contributed by atoms with Crippen molar-refractivity contribution in [3.63, 3.8) is 0 Å². The van der Waals surface area contributed by atoms with E-state index in [9.17, 15) is 0 Å². The monoisotopic (exact) mass is 706 g/mol. The molecular formula is C32H68P2S4Zn. The molecular weight excluding hydrogens is 640 g/mol. The SMILES string of the molecule is CCCCCCCCP(=S)([S-])CCCCCCCC.CCCCCCCCP(=S)([S-])CCCCCCCC.[Zn+2]. The predicted molar refractivity (Wildman–Crippen MR) is 196 cm³/mol. The smallest absolute Gasteiger partial charge is 0.746 e. The van der Waals surface area contributed by atoms with E-state index >= 15 is 0 Å². The van der Waals surface area contributed by atoms with Gasteiger partial charge in [-0.3, -0.25) is 0 Å². The maximum absolute atomic E-state index is 5.67. The molecule has 0 rings (SSSR count). The van der Waals surface area contributed by atoms with E-state index in [-0.39, 0.29) is 19.5 Å². The molecule has 0 atom stereocenters. The van der Waals surface area contributed by atoms with Gasteiger partial charge >= 0.3 is 19.5 Å². The molecule has 0 heterocycles. The number of hydrogen-bond acceptors (Lipinski definition) is 4. The van der Waals surface area contributed by atoms with Crippen molar-refractivity contribution < 1.29 is 19.5 Å². The maximum Gasteiger partial charge on any atom is 2.00 e. The van der Waals surface area contributed by atoms with Crippen LogP contribution in [-0.4, -0.2) is 24.6 Å². The van der Waals surface area contributed by atoms with Gasteiger partial charge in [-0.2, -0.15) is 10.5 Å². The van der Waals surface area contributed by atoms with Crippen molar-refractivity contribution in [2.45, 2.75) is 182 Å². The van der Waals surface area contributed by atoms with E-state index in [0.717, 1.165) is 0 Å². The van der Waals surface area contributed by atoms with Crippen LogP contribution in [-0.2, 0) is 67.6 Å². The summed E-state index contributed by atoms with van der Waals surface area (Å²) in [5, 5.41) is -2.77. The van der Waals surface area contributed by atoms with Crippen LogP contribution >= 0.6 is 10.5 Å². The first-order valence-electron chi connectivity index (χ1n) is 16.8. The Kier molecular flexibility index (Phi) is 41.4. The summed E-state index contributed by atoms with van der Waals surface area (Å²) in [4.78, 5) is 0. The van der Waals surface area contributed by atoms with Crippen molar-refractivity contribution in [1.29, 1.82) is 0 Å². The average Bonchev–Trinajstić information content (AvgIpc) is 2.88. The Morgan fingerprint density at radius 1 is 0.333 bits per heavy atom. The molecule has 0 N–H and O–H groups in total. The van der Waals surface area contributed by atoms with Crippen LogP contribution in [0.25, 0.3) is 0 Å². The average molecular weight is 709 g/mol. The Labute approximate surface area is 282 Å². The van der Waals surface area contributed by atoms with Crippen LogP contribution in [0.15, 0.2) is 0 Å². The van der Waals surface area contributed by atoms with Gasteiger partial charge in [0.15, 0.2) is 0 Å². The van der Waals surface area contributed by atoms with E-state index in [1.165, 1.54) is 179 Å². The first-order valence-corrected chi connectivity index (χ1v) is 25.2. The topological polar surface area (TPSA) is 0 Å². The first-order chi connectivity index (χ1) is 18.2. The van der Waals surface area contributed by atoms with Gasteiger partial charge in [0, 0.05) is 0 Å². The number of unbranched alkanes of at least 4 members (excludes halogenated alkanes) is 20. The van der Waals surface area contributed by atoms with Crippen LogP contribution in [0.3, 0.4) is 0 Å². The van der Waals surface area contributed by atoms with Crippen molar-refractivity contribution >= 4 is 58.6 Å². The van der Waals surface area contributed by atoms with Gasteiger partial charge < -0.3 is 24.5 Å². The van der Waals surface area contributed by atoms with Gasteiger partial charge in [0.25, 0.3) is 0 Å². The fraction of sp³-hybridized carbons (Fsp3) is 1.00. The van der Waals surface area contributed by atoms with E-state index in [2.05, 4.69) is 27.7 Å². The van der Waals surface area contributed by atoms with Crippen LogP contribution in [0, 0.1) is 0 Å². The van der Waals surface area contributed by atoms with Gasteiger partial charge in [-0.25, -0.2) is 0 Å². The van der Waals surface area contributed by atoms with E-state index in [1.54, 1.807) is 0 Å². The van der Waals surface area contributed by atoms with E-state index in [1.807, 2.05) is 0 Å². The minimum absolute atomic E-state index is 0. The van der Waals surface area contributed by atoms with Crippen molar-refractivity contribution in [2.24, 2.45) is 0 Å². The summed E-state index contributed by atoms with van der Waals surface area (Å²) in [6.45, 7) is 9.07. The zero-order valence-corrected chi connectivity index (χ0v) is 35.1. The van der Waals surface area contributed by atoms with Gasteiger partial charge in [0.1, 0.15) is 0 Å². The largest absolute Gasteiger partial charge is 2.00 e. The van der Waals surface area contributed by atoms with Gasteiger partial charge in [-0.1, -0.05) is 182 Å². The zero-order valence-electron chi connectivity index (χ0n) is 27.0. The second kappa shape index (κ2) is 35.1. The number of hydrogen-bond donors (Lipinski definition) is 0. The van der Waals surface area contributed by atoms with Gasteiger partial charge in [-0.05, 0) is 24.6 Å². The van der Waals surface area contributed by atoms with Crippen LogP contribution in [0.5, 0.6) is 0 Å². The van der Waals surface area contributed by atoms with E-state index in [4.69, 9.17) is 48.1 Å². The second-order valence-corrected chi connectivity index (χ2v) is 26.4. The van der Waals surface area contributed by atoms with Crippen molar-refractivity contribution in [3.8, 4) is 0 Å². The summed E-state index contributed by atoms with van der Waals surface area (Å²) >= 11 is 22.7. The molecule has 0 fully saturated rings. The molecule has 0 aromatic heterocycles. The molecule has 0 saturated heterocycles. The molecule has 0 spiro atoms. The van der Waals surface area contributed by atoms with Crippen LogP contribution in [0.4, 0.5) is 0 Å². The molecule has 0 unspecified atom stereocenters. The van der Waals surface area contributed by atoms with Crippen molar-refractivity contribution in [1.82, 2.24) is 0 Å². The Balaban J connectivity index is -0.000000648. The quantitative estimate of drug-likeness (QED) is 0.0343. The number of rotatable bonds is 28. The molecule has 0 aromatic carbocycles. The molecule has 0 aliphatic heterocycles. The molecule has 0 amide bonds. The van der Waals surface area contributed by atoms with Crippen LogP contribution < -0.4 is 0 Å². The Hall–Kier alpha value is 2.62. The molecule has 7 heteroatoms. The van der Waals surface area contributed by atoms with E-state index < -0.39 is 10.5 Å². The summed E-state index contributed by atoms with van der Waals surface area (Å²) in [5.41, 5.74) is 0. The summed E-state index contributed by atoms with van der Waals surface area (Å²) in [6, 6.07) is 0. The summed E-state index contributed by atoms with van der Waals surface area (Å²) in [7, 11) is 0. The third-order valence-electron chi connectivity index (χ3n) is 7.41. The zero-order chi connectivity index (χ0) is 28.8. The Bertz CT molecular complexity index is 472. The molecule has 232 valence electrons. The van der Waals surface area contributed by atoms with E-state index in [0.29, 0.717) is 0 Å². The fourth-order valence-corrected chi connectivity index (χ4v) is 11.1. The predicted octanol–water partition coefficient (Wildman–Crippen LogP) is 13.3. The van der Waals surface area contributed by atoms with Crippen molar-refractivity contribution in [2.75, 3.05) is 24.6 Å². The van der Waals surface area contributed by atoms with Gasteiger partial charge in [0.2, 0.25) is 0 Å². The van der Waals surface area contributed by atoms with Crippen LogP contribution in [0.1, 0.15) is 182 Å². The molecule has 0 nitrogen and oxygen atoms in total. The molecule has 0 aliphatic rings. The summed E-state index contributed by atoms with van der Waals surface area (Å²) < 4.78 is 0. The van der Waals surface area contributed by atoms with Crippen molar-refractivity contribution in [3.05, 3.63) is 0 Å². The van der Waals surface area contributed by atoms with Crippen LogP contribution in [0.2, 0.25) is 0 Å². The second-order valence-electron chi connectivity index (χ2n) is 11.6. The molecule has 0 aromatic rings. The summed E-state index contributed by atoms with van der Waals surface area (Å²) in [5.74, 6) is 0. The standard InChI is InChI=1S/2C16H35PS2.Zn/c2*1-3-5-7-9-11-13-15-17(18,19)16-14-12-10-8-6-4-2;/h2*3-16H2,1-2H3,(H,18,19);/q;;+2/p-2. The molecule has 0 aliphatic carbocycles. The third kappa shape index (κ3) is 40.6. The minimum atomic E-state index is -1.39. The van der Waals surface area contributed by atoms with Gasteiger partial charge in [-0.15, -0.1) is 23.6 Å². The normalized spacial score (nSPS) is 11.6. The Morgan fingerprint density at radius 3 is 0.667 bits per heavy atom. The summed E-state index contributed by atoms with van der Waals surface area (Å²) in [6.07, 6.45) is 37.3. The molecule has 0 bridgehead atoms. The fourth-order valence-electron chi connectivity index (χ4n) is 4.76. The minimum Gasteiger partial charge on any atom is -0.746 e. The third-order valence-corrected chi connectivity index (χ3v) is 15.8. The molecule has 0 radical (unpaired) electrons. The van der Waals surface area contributed by atoms with Gasteiger partial charge in [0.05, 0.1) is 0 Å². The molecule has 0 saturated carbocycles.